The molecule has 1 atom stereocenters. The number of hydrogen-bond acceptors (Lipinski definition) is 5. The number of carbonyl (C=O) groups excluding carboxylic acids is 1. The van der Waals surface area contributed by atoms with Crippen molar-refractivity contribution in [1.29, 1.82) is 0 Å². The first-order chi connectivity index (χ1) is 8.97. The van der Waals surface area contributed by atoms with Crippen LogP contribution in [0.2, 0.25) is 0 Å². The van der Waals surface area contributed by atoms with Crippen LogP contribution in [0.25, 0.3) is 0 Å². The largest absolute Gasteiger partial charge is 0.368 e. The number of aromatic nitrogens is 2. The van der Waals surface area contributed by atoms with E-state index < -0.39 is 0 Å². The van der Waals surface area contributed by atoms with E-state index in [4.69, 9.17) is 5.73 Å². The number of carbonyl (C=O) groups is 1. The zero-order valence-electron chi connectivity index (χ0n) is 11.6. The molecular formula is C13H20N4OS. The van der Waals surface area contributed by atoms with Crippen molar-refractivity contribution in [3.8, 4) is 0 Å². The zero-order chi connectivity index (χ0) is 14.0. The van der Waals surface area contributed by atoms with Gasteiger partial charge in [0.1, 0.15) is 0 Å². The Balaban J connectivity index is 1.98. The van der Waals surface area contributed by atoms with Gasteiger partial charge in [-0.25, -0.2) is 9.97 Å². The molecule has 0 aromatic carbocycles. The molecule has 0 aliphatic heterocycles. The van der Waals surface area contributed by atoms with Gasteiger partial charge in [-0.05, 0) is 39.2 Å². The number of primary amides is 1. The van der Waals surface area contributed by atoms with E-state index in [1.54, 1.807) is 0 Å². The lowest BCUT2D eigenvalue weighted by Crippen LogP contribution is -2.44. The molecule has 1 unspecified atom stereocenters. The van der Waals surface area contributed by atoms with Gasteiger partial charge in [-0.15, -0.1) is 0 Å². The smallest absolute Gasteiger partial charge is 0.235 e. The monoisotopic (exact) mass is 280 g/mol. The Hall–Kier alpha value is -1.14. The number of nitrogens with zero attached hydrogens (tertiary/aromatic N) is 2. The number of amides is 1. The van der Waals surface area contributed by atoms with Crippen LogP contribution in [-0.4, -0.2) is 33.7 Å². The fourth-order valence-electron chi connectivity index (χ4n) is 1.71. The van der Waals surface area contributed by atoms with E-state index in [9.17, 15) is 4.79 Å². The molecule has 3 N–H and O–H groups in total. The van der Waals surface area contributed by atoms with Crippen molar-refractivity contribution in [3.05, 3.63) is 17.0 Å². The minimum atomic E-state index is -0.306. The second-order valence-corrected chi connectivity index (χ2v) is 6.00. The second-order valence-electron chi connectivity index (χ2n) is 5.01. The molecule has 1 aliphatic carbocycles. The predicted molar refractivity (Wildman–Crippen MR) is 76.1 cm³/mol. The van der Waals surface area contributed by atoms with E-state index in [1.807, 2.05) is 20.8 Å². The molecule has 1 heterocycles. The highest BCUT2D eigenvalue weighted by atomic mass is 32.2. The van der Waals surface area contributed by atoms with E-state index in [-0.39, 0.29) is 11.9 Å². The van der Waals surface area contributed by atoms with Crippen molar-refractivity contribution in [1.82, 2.24) is 15.3 Å². The highest BCUT2D eigenvalue weighted by Gasteiger charge is 2.27. The fraction of sp³-hybridized carbons (Fsp3) is 0.615. The molecular weight excluding hydrogens is 260 g/mol. The molecule has 0 spiro atoms. The summed E-state index contributed by atoms with van der Waals surface area (Å²) >= 11 is 1.48. The van der Waals surface area contributed by atoms with Crippen LogP contribution in [0.5, 0.6) is 0 Å². The Morgan fingerprint density at radius 3 is 2.42 bits per heavy atom. The van der Waals surface area contributed by atoms with Crippen LogP contribution >= 0.6 is 11.8 Å². The average molecular weight is 280 g/mol. The minimum absolute atomic E-state index is 0.303. The molecule has 0 radical (unpaired) electrons. The summed E-state index contributed by atoms with van der Waals surface area (Å²) in [6.07, 6.45) is 2.27. The normalized spacial score (nSPS) is 16.4. The lowest BCUT2D eigenvalue weighted by atomic mass is 10.2. The van der Waals surface area contributed by atoms with Gasteiger partial charge in [0.2, 0.25) is 5.91 Å². The third kappa shape index (κ3) is 3.91. The fourth-order valence-corrected chi connectivity index (χ4v) is 2.69. The van der Waals surface area contributed by atoms with E-state index in [0.717, 1.165) is 29.8 Å². The van der Waals surface area contributed by atoms with Crippen molar-refractivity contribution >= 4 is 17.7 Å². The Bertz CT molecular complexity index is 465. The van der Waals surface area contributed by atoms with Gasteiger partial charge in [-0.2, -0.15) is 0 Å². The average Bonchev–Trinajstić information content (AvgIpc) is 3.14. The molecule has 1 fully saturated rings. The van der Waals surface area contributed by atoms with Gasteiger partial charge in [-0.1, -0.05) is 11.8 Å². The molecule has 19 heavy (non-hydrogen) atoms. The van der Waals surface area contributed by atoms with E-state index >= 15 is 0 Å². The summed E-state index contributed by atoms with van der Waals surface area (Å²) in [5.41, 5.74) is 8.50. The van der Waals surface area contributed by atoms with Crippen LogP contribution in [0.4, 0.5) is 0 Å². The van der Waals surface area contributed by atoms with Crippen LogP contribution in [0, 0.1) is 20.8 Å². The number of nitrogens with one attached hydrogen (secondary N) is 1. The van der Waals surface area contributed by atoms with Gasteiger partial charge in [0, 0.05) is 23.2 Å². The van der Waals surface area contributed by atoms with Crippen LogP contribution < -0.4 is 11.1 Å². The first-order valence-corrected chi connectivity index (χ1v) is 7.46. The SMILES string of the molecule is Cc1nc(SCC(NC2CC2)C(N)=O)nc(C)c1C. The van der Waals surface area contributed by atoms with E-state index in [1.165, 1.54) is 11.8 Å². The lowest BCUT2D eigenvalue weighted by molar-refractivity contribution is -0.119. The Kier molecular flexibility index (Phi) is 4.42. The molecule has 2 rings (SSSR count). The topological polar surface area (TPSA) is 80.9 Å². The maximum absolute atomic E-state index is 11.4. The molecule has 1 aromatic heterocycles. The molecule has 0 saturated heterocycles. The summed E-state index contributed by atoms with van der Waals surface area (Å²) in [7, 11) is 0. The van der Waals surface area contributed by atoms with Crippen LogP contribution in [0.3, 0.4) is 0 Å². The molecule has 1 aromatic rings. The maximum atomic E-state index is 11.4. The summed E-state index contributed by atoms with van der Waals surface area (Å²) in [6, 6.07) is 0.156. The maximum Gasteiger partial charge on any atom is 0.235 e. The van der Waals surface area contributed by atoms with Crippen molar-refractivity contribution in [2.75, 3.05) is 5.75 Å². The molecule has 1 saturated carbocycles. The summed E-state index contributed by atoms with van der Waals surface area (Å²) in [5, 5.41) is 3.96. The van der Waals surface area contributed by atoms with Gasteiger partial charge in [0.25, 0.3) is 0 Å². The summed E-state index contributed by atoms with van der Waals surface area (Å²) in [4.78, 5) is 20.2. The minimum Gasteiger partial charge on any atom is -0.368 e. The number of thioether (sulfide) groups is 1. The van der Waals surface area contributed by atoms with Gasteiger partial charge in [0.15, 0.2) is 5.16 Å². The molecule has 5 nitrogen and oxygen atoms in total. The number of aryl methyl sites for hydroxylation is 2. The molecule has 1 aliphatic rings. The van der Waals surface area contributed by atoms with Crippen molar-refractivity contribution in [2.24, 2.45) is 5.73 Å². The summed E-state index contributed by atoms with van der Waals surface area (Å²) in [5.74, 6) is 0.272. The quantitative estimate of drug-likeness (QED) is 0.602. The Morgan fingerprint density at radius 2 is 1.95 bits per heavy atom. The highest BCUT2D eigenvalue weighted by Crippen LogP contribution is 2.22. The highest BCUT2D eigenvalue weighted by molar-refractivity contribution is 7.99. The van der Waals surface area contributed by atoms with Gasteiger partial charge >= 0.3 is 0 Å². The van der Waals surface area contributed by atoms with Gasteiger partial charge < -0.3 is 11.1 Å². The molecule has 0 bridgehead atoms. The Labute approximate surface area is 117 Å². The van der Waals surface area contributed by atoms with Crippen LogP contribution in [0.15, 0.2) is 5.16 Å². The summed E-state index contributed by atoms with van der Waals surface area (Å²) in [6.45, 7) is 5.96. The second kappa shape index (κ2) is 5.88. The van der Waals surface area contributed by atoms with E-state index in [0.29, 0.717) is 17.0 Å². The van der Waals surface area contributed by atoms with Crippen molar-refractivity contribution < 1.29 is 4.79 Å². The molecule has 6 heteroatoms. The number of rotatable bonds is 6. The van der Waals surface area contributed by atoms with Crippen LogP contribution in [-0.2, 0) is 4.79 Å². The summed E-state index contributed by atoms with van der Waals surface area (Å²) < 4.78 is 0. The predicted octanol–water partition coefficient (Wildman–Crippen LogP) is 1.10. The first kappa shape index (κ1) is 14.3. The van der Waals surface area contributed by atoms with Gasteiger partial charge in [-0.3, -0.25) is 4.79 Å². The van der Waals surface area contributed by atoms with Crippen LogP contribution in [0.1, 0.15) is 29.8 Å². The zero-order valence-corrected chi connectivity index (χ0v) is 12.4. The number of nitrogens with two attached hydrogens (primary N) is 1. The lowest BCUT2D eigenvalue weighted by Gasteiger charge is -2.14. The van der Waals surface area contributed by atoms with Gasteiger partial charge in [0.05, 0.1) is 6.04 Å². The molecule has 104 valence electrons. The third-order valence-corrected chi connectivity index (χ3v) is 4.29. The van der Waals surface area contributed by atoms with Crippen molar-refractivity contribution in [3.63, 3.8) is 0 Å². The van der Waals surface area contributed by atoms with Crippen molar-refractivity contribution in [2.45, 2.75) is 50.9 Å². The first-order valence-electron chi connectivity index (χ1n) is 6.47. The Morgan fingerprint density at radius 1 is 1.37 bits per heavy atom. The molecule has 1 amide bonds. The third-order valence-electron chi connectivity index (χ3n) is 3.35. The number of hydrogen-bond donors (Lipinski definition) is 2. The van der Waals surface area contributed by atoms with E-state index in [2.05, 4.69) is 15.3 Å². The standard InChI is InChI=1S/C13H20N4OS/c1-7-8(2)15-13(16-9(7)3)19-6-11(12(14)18)17-10-4-5-10/h10-11,17H,4-6H2,1-3H3,(H2,14,18).